The topological polar surface area (TPSA) is 61.9 Å². The highest BCUT2D eigenvalue weighted by Gasteiger charge is 2.14. The van der Waals surface area contributed by atoms with E-state index in [-0.39, 0.29) is 18.1 Å². The highest BCUT2D eigenvalue weighted by Crippen LogP contribution is 2.23. The Morgan fingerprint density at radius 1 is 1.12 bits per heavy atom. The number of tetrazole rings is 1. The highest BCUT2D eigenvalue weighted by atomic mass is 19.1. The molecular formula is C17H17FN4O2. The van der Waals surface area contributed by atoms with Crippen LogP contribution in [-0.4, -0.2) is 19.8 Å². The van der Waals surface area contributed by atoms with E-state index in [2.05, 4.69) is 10.4 Å². The van der Waals surface area contributed by atoms with E-state index in [4.69, 9.17) is 4.74 Å². The first-order chi connectivity index (χ1) is 11.5. The predicted molar refractivity (Wildman–Crippen MR) is 86.8 cm³/mol. The standard InChI is InChI=1S/C17H17FN4O2/c1-11-5-4-6-15(22-17(23)21(3)19-20-22)14(11)10-24-16-9-13(18)8-7-12(16)2/h4-9H,10H2,1-3H3. The van der Waals surface area contributed by atoms with Gasteiger partial charge >= 0.3 is 5.69 Å². The first kappa shape index (κ1) is 15.9. The lowest BCUT2D eigenvalue weighted by atomic mass is 10.1. The van der Waals surface area contributed by atoms with Crippen molar-refractivity contribution in [3.05, 3.63) is 69.4 Å². The molecule has 3 rings (SSSR count). The lowest BCUT2D eigenvalue weighted by Gasteiger charge is -2.14. The number of hydrogen-bond donors (Lipinski definition) is 0. The fourth-order valence-corrected chi connectivity index (χ4v) is 2.42. The van der Waals surface area contributed by atoms with Crippen molar-refractivity contribution in [2.24, 2.45) is 7.05 Å². The molecule has 1 aromatic heterocycles. The van der Waals surface area contributed by atoms with E-state index in [9.17, 15) is 9.18 Å². The van der Waals surface area contributed by atoms with Crippen molar-refractivity contribution in [2.45, 2.75) is 20.5 Å². The van der Waals surface area contributed by atoms with Gasteiger partial charge in [0.2, 0.25) is 0 Å². The molecule has 3 aromatic rings. The fraction of sp³-hybridized carbons (Fsp3) is 0.235. The van der Waals surface area contributed by atoms with Gasteiger partial charge in [-0.2, -0.15) is 9.36 Å². The molecule has 0 N–H and O–H groups in total. The first-order valence-electron chi connectivity index (χ1n) is 7.44. The Labute approximate surface area is 138 Å². The van der Waals surface area contributed by atoms with Crippen molar-refractivity contribution >= 4 is 0 Å². The number of halogens is 1. The molecule has 6 nitrogen and oxygen atoms in total. The Kier molecular flexibility index (Phi) is 4.16. The summed E-state index contributed by atoms with van der Waals surface area (Å²) in [5, 5.41) is 7.61. The van der Waals surface area contributed by atoms with Crippen molar-refractivity contribution < 1.29 is 9.13 Å². The number of hydrogen-bond acceptors (Lipinski definition) is 4. The van der Waals surface area contributed by atoms with Crippen molar-refractivity contribution in [3.63, 3.8) is 0 Å². The van der Waals surface area contributed by atoms with Crippen LogP contribution in [0.5, 0.6) is 5.75 Å². The number of ether oxygens (including phenoxy) is 1. The average Bonchev–Trinajstić information content (AvgIpc) is 2.88. The van der Waals surface area contributed by atoms with Crippen LogP contribution < -0.4 is 10.4 Å². The van der Waals surface area contributed by atoms with Gasteiger partial charge in [0.1, 0.15) is 18.2 Å². The molecule has 0 radical (unpaired) electrons. The SMILES string of the molecule is Cc1ccc(F)cc1OCc1c(C)cccc1-n1nnn(C)c1=O. The normalized spacial score (nSPS) is 10.8. The molecule has 0 unspecified atom stereocenters. The second-order valence-electron chi connectivity index (χ2n) is 5.57. The molecule has 0 saturated carbocycles. The molecule has 1 heterocycles. The third-order valence-corrected chi connectivity index (χ3v) is 3.86. The van der Waals surface area contributed by atoms with Gasteiger partial charge in [0.25, 0.3) is 0 Å². The van der Waals surface area contributed by atoms with Gasteiger partial charge in [0, 0.05) is 18.7 Å². The minimum absolute atomic E-state index is 0.190. The number of aromatic nitrogens is 4. The van der Waals surface area contributed by atoms with Crippen molar-refractivity contribution in [1.29, 1.82) is 0 Å². The summed E-state index contributed by atoms with van der Waals surface area (Å²) in [6, 6.07) is 9.93. The molecule has 124 valence electrons. The summed E-state index contributed by atoms with van der Waals surface area (Å²) in [4.78, 5) is 12.1. The van der Waals surface area contributed by atoms with Gasteiger partial charge in [0.15, 0.2) is 0 Å². The summed E-state index contributed by atoms with van der Waals surface area (Å²) in [6.45, 7) is 3.96. The van der Waals surface area contributed by atoms with Gasteiger partial charge in [-0.05, 0) is 47.5 Å². The smallest absolute Gasteiger partial charge is 0.368 e. The predicted octanol–water partition coefficient (Wildman–Crippen LogP) is 2.30. The molecule has 0 spiro atoms. The lowest BCUT2D eigenvalue weighted by Crippen LogP contribution is -2.23. The van der Waals surface area contributed by atoms with Crippen LogP contribution in [0, 0.1) is 19.7 Å². The molecule has 7 heteroatoms. The van der Waals surface area contributed by atoms with E-state index < -0.39 is 0 Å². The Morgan fingerprint density at radius 3 is 2.62 bits per heavy atom. The van der Waals surface area contributed by atoms with Crippen molar-refractivity contribution in [1.82, 2.24) is 19.8 Å². The Hall–Kier alpha value is -2.96. The maximum atomic E-state index is 13.4. The minimum Gasteiger partial charge on any atom is -0.488 e. The van der Waals surface area contributed by atoms with E-state index in [0.717, 1.165) is 21.4 Å². The van der Waals surface area contributed by atoms with E-state index in [1.54, 1.807) is 12.1 Å². The van der Waals surface area contributed by atoms with Gasteiger partial charge in [0.05, 0.1) is 5.69 Å². The van der Waals surface area contributed by atoms with Gasteiger partial charge in [-0.3, -0.25) is 0 Å². The van der Waals surface area contributed by atoms with Gasteiger partial charge < -0.3 is 4.74 Å². The fourth-order valence-electron chi connectivity index (χ4n) is 2.42. The second-order valence-corrected chi connectivity index (χ2v) is 5.57. The van der Waals surface area contributed by atoms with Gasteiger partial charge in [-0.15, -0.1) is 0 Å². The van der Waals surface area contributed by atoms with Crippen LogP contribution in [0.15, 0.2) is 41.2 Å². The van der Waals surface area contributed by atoms with Crippen LogP contribution in [-0.2, 0) is 13.7 Å². The molecule has 0 aliphatic heterocycles. The maximum absolute atomic E-state index is 13.4. The van der Waals surface area contributed by atoms with Crippen LogP contribution >= 0.6 is 0 Å². The van der Waals surface area contributed by atoms with Crippen LogP contribution in [0.3, 0.4) is 0 Å². The van der Waals surface area contributed by atoms with Crippen molar-refractivity contribution in [3.8, 4) is 11.4 Å². The van der Waals surface area contributed by atoms with Crippen LogP contribution in [0.4, 0.5) is 4.39 Å². The van der Waals surface area contributed by atoms with Gasteiger partial charge in [-0.1, -0.05) is 18.2 Å². The van der Waals surface area contributed by atoms with E-state index in [0.29, 0.717) is 11.4 Å². The molecule has 0 aliphatic carbocycles. The Bertz CT molecular complexity index is 946. The van der Waals surface area contributed by atoms with E-state index in [1.165, 1.54) is 23.9 Å². The summed E-state index contributed by atoms with van der Waals surface area (Å²) >= 11 is 0. The molecule has 0 aliphatic rings. The molecular weight excluding hydrogens is 311 g/mol. The summed E-state index contributed by atoms with van der Waals surface area (Å²) in [5.41, 5.74) is 2.83. The summed E-state index contributed by atoms with van der Waals surface area (Å²) in [6.07, 6.45) is 0. The third-order valence-electron chi connectivity index (χ3n) is 3.86. The van der Waals surface area contributed by atoms with Crippen molar-refractivity contribution in [2.75, 3.05) is 0 Å². The lowest BCUT2D eigenvalue weighted by molar-refractivity contribution is 0.301. The Morgan fingerprint density at radius 2 is 1.92 bits per heavy atom. The molecule has 0 bridgehead atoms. The van der Waals surface area contributed by atoms with E-state index in [1.807, 2.05) is 26.0 Å². The minimum atomic E-state index is -0.356. The maximum Gasteiger partial charge on any atom is 0.368 e. The quantitative estimate of drug-likeness (QED) is 0.737. The molecule has 0 saturated heterocycles. The largest absolute Gasteiger partial charge is 0.488 e. The molecule has 2 aromatic carbocycles. The molecule has 24 heavy (non-hydrogen) atoms. The highest BCUT2D eigenvalue weighted by molar-refractivity contribution is 5.45. The van der Waals surface area contributed by atoms with Gasteiger partial charge in [-0.25, -0.2) is 9.18 Å². The van der Waals surface area contributed by atoms with Crippen LogP contribution in [0.1, 0.15) is 16.7 Å². The average molecular weight is 328 g/mol. The second kappa shape index (κ2) is 6.27. The number of benzene rings is 2. The number of nitrogens with zero attached hydrogens (tertiary/aromatic N) is 4. The zero-order chi connectivity index (χ0) is 17.3. The molecule has 0 atom stereocenters. The van der Waals surface area contributed by atoms with E-state index >= 15 is 0 Å². The van der Waals surface area contributed by atoms with Crippen LogP contribution in [0.2, 0.25) is 0 Å². The molecule has 0 fully saturated rings. The van der Waals surface area contributed by atoms with Crippen LogP contribution in [0.25, 0.3) is 5.69 Å². The zero-order valence-electron chi connectivity index (χ0n) is 13.7. The first-order valence-corrected chi connectivity index (χ1v) is 7.44. The summed E-state index contributed by atoms with van der Waals surface area (Å²) < 4.78 is 21.6. The number of rotatable bonds is 4. The number of aryl methyl sites for hydroxylation is 3. The zero-order valence-corrected chi connectivity index (χ0v) is 13.7. The third kappa shape index (κ3) is 2.92. The monoisotopic (exact) mass is 328 g/mol. The Balaban J connectivity index is 1.98. The summed E-state index contributed by atoms with van der Waals surface area (Å²) in [7, 11) is 1.54. The molecule has 0 amide bonds. The summed E-state index contributed by atoms with van der Waals surface area (Å²) in [5.74, 6) is 0.112.